The van der Waals surface area contributed by atoms with E-state index in [0.29, 0.717) is 0 Å². The van der Waals surface area contributed by atoms with Crippen molar-refractivity contribution in [2.75, 3.05) is 11.4 Å². The number of carboxylic acids is 1. The van der Waals surface area contributed by atoms with E-state index in [1.807, 2.05) is 0 Å². The number of hydrogen-bond acceptors (Lipinski definition) is 2. The first-order valence-electron chi connectivity index (χ1n) is 6.92. The van der Waals surface area contributed by atoms with Crippen molar-refractivity contribution in [2.45, 2.75) is 46.1 Å². The Bertz CT molecular complexity index is 473. The molecule has 0 aliphatic carbocycles. The average Bonchev–Trinajstić information content (AvgIpc) is 2.29. The highest BCUT2D eigenvalue weighted by atomic mass is 16.4. The van der Waals surface area contributed by atoms with Crippen LogP contribution in [0.3, 0.4) is 0 Å². The van der Waals surface area contributed by atoms with Crippen molar-refractivity contribution in [3.8, 4) is 0 Å². The van der Waals surface area contributed by atoms with E-state index >= 15 is 0 Å². The van der Waals surface area contributed by atoms with Crippen LogP contribution >= 0.6 is 0 Å². The molecule has 0 aromatic heterocycles. The SMILES string of the molecule is Cc1cccc(C)c1N1CCCC(C(=O)O)C1(C)C. The Labute approximate surface area is 115 Å². The predicted molar refractivity (Wildman–Crippen MR) is 77.7 cm³/mol. The number of rotatable bonds is 2. The van der Waals surface area contributed by atoms with Crippen LogP contribution in [0.15, 0.2) is 18.2 Å². The number of nitrogens with zero attached hydrogens (tertiary/aromatic N) is 1. The van der Waals surface area contributed by atoms with E-state index in [-0.39, 0.29) is 11.5 Å². The maximum Gasteiger partial charge on any atom is 0.308 e. The Morgan fingerprint density at radius 2 is 1.89 bits per heavy atom. The highest BCUT2D eigenvalue weighted by Crippen LogP contribution is 2.39. The van der Waals surface area contributed by atoms with Gasteiger partial charge in [-0.3, -0.25) is 4.79 Å². The summed E-state index contributed by atoms with van der Waals surface area (Å²) >= 11 is 0. The largest absolute Gasteiger partial charge is 0.481 e. The first-order valence-corrected chi connectivity index (χ1v) is 6.92. The van der Waals surface area contributed by atoms with Gasteiger partial charge in [0.1, 0.15) is 0 Å². The normalized spacial score (nSPS) is 22.3. The second-order valence-corrected chi connectivity index (χ2v) is 6.08. The van der Waals surface area contributed by atoms with E-state index in [2.05, 4.69) is 50.8 Å². The molecular weight excluding hydrogens is 238 g/mol. The molecule has 3 nitrogen and oxygen atoms in total. The van der Waals surface area contributed by atoms with Crippen LogP contribution in [0, 0.1) is 19.8 Å². The Morgan fingerprint density at radius 3 is 2.42 bits per heavy atom. The number of anilines is 1. The molecule has 3 heteroatoms. The lowest BCUT2D eigenvalue weighted by Gasteiger charge is -2.48. The molecule has 1 saturated heterocycles. The number of piperidine rings is 1. The maximum atomic E-state index is 11.5. The van der Waals surface area contributed by atoms with E-state index < -0.39 is 5.97 Å². The molecule has 0 amide bonds. The molecule has 1 aliphatic rings. The van der Waals surface area contributed by atoms with Crippen LogP contribution in [0.1, 0.15) is 37.8 Å². The zero-order chi connectivity index (χ0) is 14.2. The van der Waals surface area contributed by atoms with Gasteiger partial charge in [-0.1, -0.05) is 18.2 Å². The van der Waals surface area contributed by atoms with Crippen LogP contribution in [-0.2, 0) is 4.79 Å². The van der Waals surface area contributed by atoms with Crippen LogP contribution in [0.25, 0.3) is 0 Å². The number of para-hydroxylation sites is 1. The lowest BCUT2D eigenvalue weighted by Crippen LogP contribution is -2.56. The molecule has 2 rings (SSSR count). The molecule has 0 spiro atoms. The molecule has 0 radical (unpaired) electrons. The Kier molecular flexibility index (Phi) is 3.57. The smallest absolute Gasteiger partial charge is 0.308 e. The van der Waals surface area contributed by atoms with Crippen LogP contribution in [0.5, 0.6) is 0 Å². The van der Waals surface area contributed by atoms with Crippen molar-refractivity contribution >= 4 is 11.7 Å². The van der Waals surface area contributed by atoms with Gasteiger partial charge in [0.15, 0.2) is 0 Å². The van der Waals surface area contributed by atoms with Gasteiger partial charge in [0.25, 0.3) is 0 Å². The number of carbonyl (C=O) groups is 1. The molecular formula is C16H23NO2. The van der Waals surface area contributed by atoms with E-state index in [9.17, 15) is 9.90 Å². The average molecular weight is 261 g/mol. The summed E-state index contributed by atoms with van der Waals surface area (Å²) in [6.07, 6.45) is 1.71. The molecule has 0 saturated carbocycles. The number of carboxylic acid groups (broad SMARTS) is 1. The molecule has 1 N–H and O–H groups in total. The molecule has 1 atom stereocenters. The quantitative estimate of drug-likeness (QED) is 0.887. The van der Waals surface area contributed by atoms with Crippen LogP contribution < -0.4 is 4.90 Å². The van der Waals surface area contributed by atoms with Crippen molar-refractivity contribution in [3.63, 3.8) is 0 Å². The summed E-state index contributed by atoms with van der Waals surface area (Å²) in [4.78, 5) is 13.8. The summed E-state index contributed by atoms with van der Waals surface area (Å²) in [5, 5.41) is 9.45. The van der Waals surface area contributed by atoms with Gasteiger partial charge in [-0.2, -0.15) is 0 Å². The number of hydrogen-bond donors (Lipinski definition) is 1. The first kappa shape index (κ1) is 13.9. The summed E-state index contributed by atoms with van der Waals surface area (Å²) in [5.41, 5.74) is 3.30. The van der Waals surface area contributed by atoms with Crippen LogP contribution in [0.4, 0.5) is 5.69 Å². The van der Waals surface area contributed by atoms with Crippen molar-refractivity contribution < 1.29 is 9.90 Å². The topological polar surface area (TPSA) is 40.5 Å². The van der Waals surface area contributed by atoms with Gasteiger partial charge < -0.3 is 10.0 Å². The summed E-state index contributed by atoms with van der Waals surface area (Å²) in [7, 11) is 0. The van der Waals surface area contributed by atoms with E-state index in [4.69, 9.17) is 0 Å². The Hall–Kier alpha value is -1.51. The van der Waals surface area contributed by atoms with Crippen molar-refractivity contribution in [1.29, 1.82) is 0 Å². The molecule has 1 aliphatic heterocycles. The maximum absolute atomic E-state index is 11.5. The standard InChI is InChI=1S/C16H23NO2/c1-11-7-5-8-12(2)14(11)17-10-6-9-13(15(18)19)16(17,3)4/h5,7-8,13H,6,9-10H2,1-4H3,(H,18,19). The third kappa shape index (κ3) is 2.34. The van der Waals surface area contributed by atoms with Gasteiger partial charge in [-0.25, -0.2) is 0 Å². The summed E-state index contributed by atoms with van der Waals surface area (Å²) in [5.74, 6) is -0.985. The van der Waals surface area contributed by atoms with E-state index in [0.717, 1.165) is 19.4 Å². The summed E-state index contributed by atoms with van der Waals surface area (Å²) in [6.45, 7) is 9.24. The second-order valence-electron chi connectivity index (χ2n) is 6.08. The van der Waals surface area contributed by atoms with Gasteiger partial charge >= 0.3 is 5.97 Å². The third-order valence-corrected chi connectivity index (χ3v) is 4.43. The minimum Gasteiger partial charge on any atom is -0.481 e. The third-order valence-electron chi connectivity index (χ3n) is 4.43. The first-order chi connectivity index (χ1) is 8.85. The molecule has 1 aromatic rings. The fraction of sp³-hybridized carbons (Fsp3) is 0.562. The zero-order valence-electron chi connectivity index (χ0n) is 12.2. The van der Waals surface area contributed by atoms with E-state index in [1.54, 1.807) is 0 Å². The molecule has 1 heterocycles. The molecule has 1 aromatic carbocycles. The molecule has 0 bridgehead atoms. The predicted octanol–water partition coefficient (Wildman–Crippen LogP) is 3.38. The summed E-state index contributed by atoms with van der Waals surface area (Å²) < 4.78 is 0. The zero-order valence-corrected chi connectivity index (χ0v) is 12.2. The Balaban J connectivity index is 2.46. The minimum absolute atomic E-state index is 0.305. The van der Waals surface area contributed by atoms with Gasteiger partial charge in [-0.15, -0.1) is 0 Å². The highest BCUT2D eigenvalue weighted by molar-refractivity contribution is 5.74. The van der Waals surface area contributed by atoms with Gasteiger partial charge in [-0.05, 0) is 51.7 Å². The molecule has 1 fully saturated rings. The lowest BCUT2D eigenvalue weighted by atomic mass is 9.78. The van der Waals surface area contributed by atoms with Crippen molar-refractivity contribution in [2.24, 2.45) is 5.92 Å². The van der Waals surface area contributed by atoms with Crippen LogP contribution in [-0.4, -0.2) is 23.2 Å². The van der Waals surface area contributed by atoms with Crippen LogP contribution in [0.2, 0.25) is 0 Å². The summed E-state index contributed by atoms with van der Waals surface area (Å²) in [6, 6.07) is 6.26. The lowest BCUT2D eigenvalue weighted by molar-refractivity contribution is -0.144. The minimum atomic E-state index is -0.680. The monoisotopic (exact) mass is 261 g/mol. The molecule has 19 heavy (non-hydrogen) atoms. The second kappa shape index (κ2) is 4.87. The van der Waals surface area contributed by atoms with Gasteiger partial charge in [0, 0.05) is 17.8 Å². The molecule has 104 valence electrons. The van der Waals surface area contributed by atoms with E-state index in [1.165, 1.54) is 16.8 Å². The Morgan fingerprint density at radius 1 is 1.32 bits per heavy atom. The number of aryl methyl sites for hydroxylation is 2. The molecule has 1 unspecified atom stereocenters. The fourth-order valence-corrected chi connectivity index (χ4v) is 3.34. The van der Waals surface area contributed by atoms with Gasteiger partial charge in [0.2, 0.25) is 0 Å². The number of benzene rings is 1. The fourth-order valence-electron chi connectivity index (χ4n) is 3.34. The van der Waals surface area contributed by atoms with Gasteiger partial charge in [0.05, 0.1) is 5.92 Å². The highest BCUT2D eigenvalue weighted by Gasteiger charge is 2.43. The number of aliphatic carboxylic acids is 1. The van der Waals surface area contributed by atoms with Crippen molar-refractivity contribution in [3.05, 3.63) is 29.3 Å². The van der Waals surface area contributed by atoms with Crippen molar-refractivity contribution in [1.82, 2.24) is 0 Å².